The van der Waals surface area contributed by atoms with E-state index in [1.54, 1.807) is 5.56 Å². The molecule has 2 heteroatoms. The number of rotatable bonds is 1. The van der Waals surface area contributed by atoms with Crippen LogP contribution in [-0.2, 0) is 12.8 Å². The zero-order valence-corrected chi connectivity index (χ0v) is 8.34. The average molecular weight is 188 g/mol. The van der Waals surface area contributed by atoms with Crippen LogP contribution in [0, 0.1) is 0 Å². The number of fused-ring (bicyclic) bond motifs is 1. The van der Waals surface area contributed by atoms with Gasteiger partial charge in [0.2, 0.25) is 0 Å². The van der Waals surface area contributed by atoms with Crippen molar-refractivity contribution in [2.24, 2.45) is 0 Å². The van der Waals surface area contributed by atoms with E-state index in [4.69, 9.17) is 5.73 Å². The Morgan fingerprint density at radius 2 is 2.14 bits per heavy atom. The van der Waals surface area contributed by atoms with Gasteiger partial charge in [-0.2, -0.15) is 0 Å². The van der Waals surface area contributed by atoms with Crippen LogP contribution in [0.25, 0.3) is 0 Å². The normalized spacial score (nSPS) is 24.4. The summed E-state index contributed by atoms with van der Waals surface area (Å²) in [6.07, 6.45) is 5.03. The second kappa shape index (κ2) is 2.99. The summed E-state index contributed by atoms with van der Waals surface area (Å²) in [5.74, 6) is 0. The largest absolute Gasteiger partial charge is 0.398 e. The van der Waals surface area contributed by atoms with E-state index in [0.29, 0.717) is 6.04 Å². The molecule has 0 spiro atoms. The van der Waals surface area contributed by atoms with Gasteiger partial charge < -0.3 is 11.1 Å². The Labute approximate surface area is 84.5 Å². The first-order chi connectivity index (χ1) is 6.86. The number of benzene rings is 1. The summed E-state index contributed by atoms with van der Waals surface area (Å²) in [4.78, 5) is 0. The van der Waals surface area contributed by atoms with Crippen molar-refractivity contribution in [2.45, 2.75) is 31.7 Å². The summed E-state index contributed by atoms with van der Waals surface area (Å²) < 4.78 is 0. The highest BCUT2D eigenvalue weighted by molar-refractivity contribution is 5.57. The molecule has 1 heterocycles. The van der Waals surface area contributed by atoms with Crippen molar-refractivity contribution < 1.29 is 0 Å². The SMILES string of the molecule is Nc1ccc2c(c1[C@H]1CCN1)CCC2. The van der Waals surface area contributed by atoms with E-state index in [1.165, 1.54) is 36.8 Å². The van der Waals surface area contributed by atoms with Crippen LogP contribution in [0.15, 0.2) is 12.1 Å². The highest BCUT2D eigenvalue weighted by atomic mass is 15.0. The van der Waals surface area contributed by atoms with E-state index >= 15 is 0 Å². The van der Waals surface area contributed by atoms with Crippen molar-refractivity contribution in [3.63, 3.8) is 0 Å². The lowest BCUT2D eigenvalue weighted by Gasteiger charge is -2.31. The summed E-state index contributed by atoms with van der Waals surface area (Å²) in [6, 6.07) is 4.84. The molecular weight excluding hydrogens is 172 g/mol. The van der Waals surface area contributed by atoms with Crippen molar-refractivity contribution in [1.82, 2.24) is 5.32 Å². The lowest BCUT2D eigenvalue weighted by Crippen LogP contribution is -2.36. The van der Waals surface area contributed by atoms with Crippen molar-refractivity contribution in [3.05, 3.63) is 28.8 Å². The summed E-state index contributed by atoms with van der Waals surface area (Å²) in [5, 5.41) is 3.45. The molecule has 0 saturated carbocycles. The molecule has 1 atom stereocenters. The van der Waals surface area contributed by atoms with Gasteiger partial charge in [0.1, 0.15) is 0 Å². The highest BCUT2D eigenvalue weighted by Crippen LogP contribution is 2.36. The Bertz CT molecular complexity index is 367. The van der Waals surface area contributed by atoms with E-state index in [2.05, 4.69) is 17.4 Å². The Morgan fingerprint density at radius 1 is 1.29 bits per heavy atom. The van der Waals surface area contributed by atoms with Gasteiger partial charge >= 0.3 is 0 Å². The predicted octanol–water partition coefficient (Wildman–Crippen LogP) is 1.79. The number of aryl methyl sites for hydroxylation is 1. The molecule has 1 aliphatic carbocycles. The Balaban J connectivity index is 2.11. The third-order valence-electron chi connectivity index (χ3n) is 3.53. The van der Waals surface area contributed by atoms with Crippen molar-refractivity contribution >= 4 is 5.69 Å². The zero-order chi connectivity index (χ0) is 9.54. The maximum absolute atomic E-state index is 6.06. The Hall–Kier alpha value is -1.02. The quantitative estimate of drug-likeness (QED) is 0.659. The van der Waals surface area contributed by atoms with Crippen LogP contribution in [0.2, 0.25) is 0 Å². The molecule has 3 rings (SSSR count). The predicted molar refractivity (Wildman–Crippen MR) is 58.2 cm³/mol. The molecule has 2 nitrogen and oxygen atoms in total. The first-order valence-electron chi connectivity index (χ1n) is 5.50. The number of nitrogen functional groups attached to an aromatic ring is 1. The van der Waals surface area contributed by atoms with Gasteiger partial charge in [-0.1, -0.05) is 6.07 Å². The fourth-order valence-corrected chi connectivity index (χ4v) is 2.66. The van der Waals surface area contributed by atoms with Crippen LogP contribution in [0.1, 0.15) is 35.6 Å². The van der Waals surface area contributed by atoms with Gasteiger partial charge in [0.15, 0.2) is 0 Å². The zero-order valence-electron chi connectivity index (χ0n) is 8.34. The Kier molecular flexibility index (Phi) is 1.77. The summed E-state index contributed by atoms with van der Waals surface area (Å²) in [6.45, 7) is 1.15. The highest BCUT2D eigenvalue weighted by Gasteiger charge is 2.26. The fraction of sp³-hybridized carbons (Fsp3) is 0.500. The molecule has 1 fully saturated rings. The lowest BCUT2D eigenvalue weighted by molar-refractivity contribution is 0.382. The number of hydrogen-bond acceptors (Lipinski definition) is 2. The maximum Gasteiger partial charge on any atom is 0.0365 e. The van der Waals surface area contributed by atoms with Crippen LogP contribution >= 0.6 is 0 Å². The molecule has 0 aromatic heterocycles. The van der Waals surface area contributed by atoms with E-state index in [-0.39, 0.29) is 0 Å². The minimum absolute atomic E-state index is 0.544. The van der Waals surface area contributed by atoms with Crippen molar-refractivity contribution in [2.75, 3.05) is 12.3 Å². The molecule has 0 radical (unpaired) electrons. The average Bonchev–Trinajstić information content (AvgIpc) is 2.54. The van der Waals surface area contributed by atoms with Crippen LogP contribution in [-0.4, -0.2) is 6.54 Å². The number of hydrogen-bond donors (Lipinski definition) is 2. The van der Waals surface area contributed by atoms with Gasteiger partial charge in [-0.25, -0.2) is 0 Å². The second-order valence-corrected chi connectivity index (χ2v) is 4.36. The summed E-state index contributed by atoms with van der Waals surface area (Å²) >= 11 is 0. The third kappa shape index (κ3) is 1.07. The molecule has 0 unspecified atom stereocenters. The standard InChI is InChI=1S/C12H16N2/c13-10-5-4-8-2-1-3-9(8)12(10)11-6-7-14-11/h4-5,11,14H,1-3,6-7,13H2/t11-/m1/s1. The monoisotopic (exact) mass is 188 g/mol. The minimum atomic E-state index is 0.544. The third-order valence-corrected chi connectivity index (χ3v) is 3.53. The number of nitrogens with two attached hydrogens (primary N) is 1. The molecule has 1 aliphatic heterocycles. The van der Waals surface area contributed by atoms with Gasteiger partial charge in [0.25, 0.3) is 0 Å². The molecular formula is C12H16N2. The van der Waals surface area contributed by atoms with Gasteiger partial charge in [-0.15, -0.1) is 0 Å². The second-order valence-electron chi connectivity index (χ2n) is 4.36. The molecule has 74 valence electrons. The molecule has 14 heavy (non-hydrogen) atoms. The lowest BCUT2D eigenvalue weighted by atomic mass is 9.90. The first kappa shape index (κ1) is 8.30. The van der Waals surface area contributed by atoms with E-state index < -0.39 is 0 Å². The van der Waals surface area contributed by atoms with Crippen molar-refractivity contribution in [3.8, 4) is 0 Å². The van der Waals surface area contributed by atoms with Gasteiger partial charge in [0, 0.05) is 11.7 Å². The van der Waals surface area contributed by atoms with Crippen LogP contribution in [0.4, 0.5) is 5.69 Å². The van der Waals surface area contributed by atoms with Crippen LogP contribution < -0.4 is 11.1 Å². The van der Waals surface area contributed by atoms with Gasteiger partial charge in [0.05, 0.1) is 0 Å². The van der Waals surface area contributed by atoms with Gasteiger partial charge in [-0.3, -0.25) is 0 Å². The van der Waals surface area contributed by atoms with Crippen LogP contribution in [0.5, 0.6) is 0 Å². The van der Waals surface area contributed by atoms with E-state index in [9.17, 15) is 0 Å². The fourth-order valence-electron chi connectivity index (χ4n) is 2.66. The van der Waals surface area contributed by atoms with E-state index in [1.807, 2.05) is 0 Å². The molecule has 2 aliphatic rings. The topological polar surface area (TPSA) is 38.0 Å². The van der Waals surface area contributed by atoms with Gasteiger partial charge in [-0.05, 0) is 55.0 Å². The number of nitrogens with one attached hydrogen (secondary N) is 1. The van der Waals surface area contributed by atoms with Crippen LogP contribution in [0.3, 0.4) is 0 Å². The summed E-state index contributed by atoms with van der Waals surface area (Å²) in [7, 11) is 0. The van der Waals surface area contributed by atoms with E-state index in [0.717, 1.165) is 12.2 Å². The van der Waals surface area contributed by atoms with Crippen molar-refractivity contribution in [1.29, 1.82) is 0 Å². The molecule has 3 N–H and O–H groups in total. The summed E-state index contributed by atoms with van der Waals surface area (Å²) in [5.41, 5.74) is 11.5. The molecule has 1 saturated heterocycles. The first-order valence-corrected chi connectivity index (χ1v) is 5.50. The Morgan fingerprint density at radius 3 is 2.86 bits per heavy atom. The molecule has 0 amide bonds. The maximum atomic E-state index is 6.06. The molecule has 0 bridgehead atoms. The smallest absolute Gasteiger partial charge is 0.0365 e. The molecule has 1 aromatic rings. The molecule has 1 aromatic carbocycles. The minimum Gasteiger partial charge on any atom is -0.398 e. The number of anilines is 1.